The molecule has 0 spiro atoms. The lowest BCUT2D eigenvalue weighted by atomic mass is 9.96. The summed E-state index contributed by atoms with van der Waals surface area (Å²) in [5.74, 6) is 0.180. The minimum absolute atomic E-state index is 0.180. The van der Waals surface area contributed by atoms with E-state index in [1.165, 1.54) is 18.4 Å². The van der Waals surface area contributed by atoms with E-state index in [4.69, 9.17) is 5.73 Å². The predicted molar refractivity (Wildman–Crippen MR) is 71.1 cm³/mol. The van der Waals surface area contributed by atoms with Gasteiger partial charge in [0.1, 0.15) is 0 Å². The first-order valence-corrected chi connectivity index (χ1v) is 6.51. The van der Waals surface area contributed by atoms with Gasteiger partial charge in [0.2, 0.25) is 5.91 Å². The maximum atomic E-state index is 11.5. The molecule has 2 aliphatic rings. The maximum Gasteiger partial charge on any atom is 0.242 e. The number of rotatable bonds is 3. The summed E-state index contributed by atoms with van der Waals surface area (Å²) >= 11 is 0. The molecule has 2 N–H and O–H groups in total. The Morgan fingerprint density at radius 3 is 2.39 bits per heavy atom. The van der Waals surface area contributed by atoms with Crippen molar-refractivity contribution >= 4 is 11.6 Å². The molecule has 1 aromatic rings. The molecule has 18 heavy (non-hydrogen) atoms. The smallest absolute Gasteiger partial charge is 0.242 e. The van der Waals surface area contributed by atoms with Gasteiger partial charge in [-0.25, -0.2) is 0 Å². The van der Waals surface area contributed by atoms with Crippen molar-refractivity contribution in [2.45, 2.75) is 24.7 Å². The molecule has 0 aromatic heterocycles. The van der Waals surface area contributed by atoms with E-state index in [0.29, 0.717) is 6.42 Å². The van der Waals surface area contributed by atoms with Crippen molar-refractivity contribution in [1.29, 1.82) is 0 Å². The fraction of sp³-hybridized carbons (Fsp3) is 0.500. The highest BCUT2D eigenvalue weighted by molar-refractivity contribution is 5.81. The molecule has 0 atom stereocenters. The molecule has 1 aliphatic heterocycles. The number of benzene rings is 1. The summed E-state index contributed by atoms with van der Waals surface area (Å²) in [5.41, 5.74) is 8.50. The van der Waals surface area contributed by atoms with Crippen LogP contribution in [0.25, 0.3) is 0 Å². The van der Waals surface area contributed by atoms with Crippen LogP contribution in [-0.4, -0.2) is 31.1 Å². The van der Waals surface area contributed by atoms with Gasteiger partial charge < -0.3 is 5.73 Å². The lowest BCUT2D eigenvalue weighted by molar-refractivity contribution is -0.126. The van der Waals surface area contributed by atoms with Crippen LogP contribution >= 0.6 is 0 Å². The molecule has 0 radical (unpaired) electrons. The molecule has 3 rings (SSSR count). The summed E-state index contributed by atoms with van der Waals surface area (Å²) in [6.07, 6.45) is 3.00. The fourth-order valence-electron chi connectivity index (χ4n) is 2.70. The standard InChI is InChI=1S/C14H19N3O/c1-16-13(18)6-9-17(16)12-4-2-11(3-5-12)14(10-15)7-8-14/h2-5H,6-10,15H2,1H3. The van der Waals surface area contributed by atoms with Gasteiger partial charge >= 0.3 is 0 Å². The van der Waals surface area contributed by atoms with Gasteiger partial charge in [-0.3, -0.25) is 14.8 Å². The zero-order valence-electron chi connectivity index (χ0n) is 10.7. The van der Waals surface area contributed by atoms with E-state index in [1.54, 1.807) is 5.01 Å². The summed E-state index contributed by atoms with van der Waals surface area (Å²) in [5, 5.41) is 3.72. The first kappa shape index (κ1) is 11.5. The third-order valence-corrected chi connectivity index (χ3v) is 4.28. The first-order chi connectivity index (χ1) is 8.66. The van der Waals surface area contributed by atoms with Crippen molar-refractivity contribution in [3.05, 3.63) is 29.8 Å². The quantitative estimate of drug-likeness (QED) is 0.872. The molecule has 4 heteroatoms. The molecule has 2 fully saturated rings. The summed E-state index contributed by atoms with van der Waals surface area (Å²) in [7, 11) is 1.82. The van der Waals surface area contributed by atoms with Gasteiger partial charge in [-0.05, 0) is 30.5 Å². The van der Waals surface area contributed by atoms with Gasteiger partial charge in [0, 0.05) is 32.0 Å². The summed E-state index contributed by atoms with van der Waals surface area (Å²) in [6, 6.07) is 8.51. The van der Waals surface area contributed by atoms with Gasteiger partial charge in [0.15, 0.2) is 0 Å². The molecular weight excluding hydrogens is 226 g/mol. The van der Waals surface area contributed by atoms with Gasteiger partial charge in [-0.15, -0.1) is 0 Å². The van der Waals surface area contributed by atoms with E-state index < -0.39 is 0 Å². The summed E-state index contributed by atoms with van der Waals surface area (Å²) in [4.78, 5) is 11.5. The van der Waals surface area contributed by atoms with Crippen molar-refractivity contribution < 1.29 is 4.79 Å². The Bertz CT molecular complexity index is 464. The Labute approximate surface area is 107 Å². The average molecular weight is 245 g/mol. The van der Waals surface area contributed by atoms with E-state index >= 15 is 0 Å². The minimum atomic E-state index is 0.180. The number of hydrogen-bond donors (Lipinski definition) is 1. The highest BCUT2D eigenvalue weighted by Crippen LogP contribution is 2.47. The molecule has 1 heterocycles. The second-order valence-electron chi connectivity index (χ2n) is 5.32. The van der Waals surface area contributed by atoms with Crippen LogP contribution in [0.5, 0.6) is 0 Å². The highest BCUT2D eigenvalue weighted by atomic mass is 16.2. The number of hydrogen-bond acceptors (Lipinski definition) is 3. The zero-order valence-corrected chi connectivity index (χ0v) is 10.7. The monoisotopic (exact) mass is 245 g/mol. The van der Waals surface area contributed by atoms with Gasteiger partial charge in [0.05, 0.1) is 5.69 Å². The second kappa shape index (κ2) is 3.99. The number of carbonyl (C=O) groups excluding carboxylic acids is 1. The number of nitrogens with zero attached hydrogens (tertiary/aromatic N) is 2. The van der Waals surface area contributed by atoms with Crippen molar-refractivity contribution in [1.82, 2.24) is 5.01 Å². The Kier molecular flexibility index (Phi) is 2.55. The van der Waals surface area contributed by atoms with Crippen LogP contribution < -0.4 is 10.7 Å². The second-order valence-corrected chi connectivity index (χ2v) is 5.32. The third kappa shape index (κ3) is 1.68. The molecule has 96 valence electrons. The van der Waals surface area contributed by atoms with Gasteiger partial charge in [0.25, 0.3) is 0 Å². The largest absolute Gasteiger partial charge is 0.330 e. The zero-order chi connectivity index (χ0) is 12.8. The van der Waals surface area contributed by atoms with Crippen LogP contribution in [0, 0.1) is 0 Å². The SMILES string of the molecule is CN1C(=O)CCN1c1ccc(C2(CN)CC2)cc1. The van der Waals surface area contributed by atoms with E-state index in [1.807, 2.05) is 12.1 Å². The summed E-state index contributed by atoms with van der Waals surface area (Å²) in [6.45, 7) is 1.51. The molecule has 0 unspecified atom stereocenters. The van der Waals surface area contributed by atoms with E-state index in [0.717, 1.165) is 18.8 Å². The van der Waals surface area contributed by atoms with E-state index in [9.17, 15) is 4.79 Å². The number of carbonyl (C=O) groups is 1. The minimum Gasteiger partial charge on any atom is -0.330 e. The van der Waals surface area contributed by atoms with Crippen molar-refractivity contribution in [2.75, 3.05) is 25.1 Å². The Balaban J connectivity index is 1.81. The van der Waals surface area contributed by atoms with Crippen LogP contribution in [0.3, 0.4) is 0 Å². The molecular formula is C14H19N3O. The number of amides is 1. The van der Waals surface area contributed by atoms with E-state index in [2.05, 4.69) is 24.3 Å². The van der Waals surface area contributed by atoms with Crippen LogP contribution in [0.1, 0.15) is 24.8 Å². The van der Waals surface area contributed by atoms with Crippen LogP contribution in [0.15, 0.2) is 24.3 Å². The molecule has 1 saturated heterocycles. The maximum absolute atomic E-state index is 11.5. The Hall–Kier alpha value is -1.55. The van der Waals surface area contributed by atoms with Crippen LogP contribution in [0.4, 0.5) is 5.69 Å². The van der Waals surface area contributed by atoms with Gasteiger partial charge in [-0.1, -0.05) is 12.1 Å². The average Bonchev–Trinajstić information content (AvgIpc) is 3.14. The third-order valence-electron chi connectivity index (χ3n) is 4.28. The Morgan fingerprint density at radius 2 is 1.94 bits per heavy atom. The van der Waals surface area contributed by atoms with Crippen LogP contribution in [-0.2, 0) is 10.2 Å². The lowest BCUT2D eigenvalue weighted by Gasteiger charge is -2.26. The predicted octanol–water partition coefficient (Wildman–Crippen LogP) is 1.26. The number of anilines is 1. The lowest BCUT2D eigenvalue weighted by Crippen LogP contribution is -2.35. The highest BCUT2D eigenvalue weighted by Gasteiger charge is 2.42. The topological polar surface area (TPSA) is 49.6 Å². The first-order valence-electron chi connectivity index (χ1n) is 6.51. The van der Waals surface area contributed by atoms with Gasteiger partial charge in [-0.2, -0.15) is 0 Å². The van der Waals surface area contributed by atoms with E-state index in [-0.39, 0.29) is 11.3 Å². The van der Waals surface area contributed by atoms with Crippen LogP contribution in [0.2, 0.25) is 0 Å². The van der Waals surface area contributed by atoms with Crippen molar-refractivity contribution in [2.24, 2.45) is 5.73 Å². The van der Waals surface area contributed by atoms with Crippen molar-refractivity contribution in [3.8, 4) is 0 Å². The normalized spacial score (nSPS) is 21.6. The molecule has 0 bridgehead atoms. The number of nitrogens with two attached hydrogens (primary N) is 1. The fourth-order valence-corrected chi connectivity index (χ4v) is 2.70. The molecule has 1 aliphatic carbocycles. The summed E-state index contributed by atoms with van der Waals surface area (Å²) < 4.78 is 0. The molecule has 1 aromatic carbocycles. The Morgan fingerprint density at radius 1 is 1.28 bits per heavy atom. The number of hydrazine groups is 1. The van der Waals surface area contributed by atoms with Crippen molar-refractivity contribution in [3.63, 3.8) is 0 Å². The molecule has 1 amide bonds. The molecule has 4 nitrogen and oxygen atoms in total. The molecule has 1 saturated carbocycles.